The topological polar surface area (TPSA) is 55.6 Å². The van der Waals surface area contributed by atoms with E-state index in [0.717, 1.165) is 17.3 Å². The van der Waals surface area contributed by atoms with Crippen LogP contribution in [0.2, 0.25) is 5.02 Å². The van der Waals surface area contributed by atoms with E-state index in [-0.39, 0.29) is 18.1 Å². The summed E-state index contributed by atoms with van der Waals surface area (Å²) in [5.41, 5.74) is 6.31. The van der Waals surface area contributed by atoms with Crippen molar-refractivity contribution in [3.63, 3.8) is 0 Å². The number of benzene rings is 1. The van der Waals surface area contributed by atoms with Gasteiger partial charge in [0.2, 0.25) is 0 Å². The number of hydrogen-bond donors (Lipinski definition) is 1. The third-order valence-electron chi connectivity index (χ3n) is 3.72. The minimum absolute atomic E-state index is 0.00347. The summed E-state index contributed by atoms with van der Waals surface area (Å²) < 4.78 is 6.10. The Hall–Kier alpha value is -0.620. The number of amides is 1. The Labute approximate surface area is 132 Å². The number of ether oxygens (including phenoxy) is 1. The molecule has 4 nitrogen and oxygen atoms in total. The first-order valence-electron chi connectivity index (χ1n) is 6.56. The van der Waals surface area contributed by atoms with E-state index in [1.54, 1.807) is 13.2 Å². The van der Waals surface area contributed by atoms with Crippen LogP contribution in [0.1, 0.15) is 23.2 Å². The lowest BCUT2D eigenvalue weighted by molar-refractivity contribution is 0.0139. The summed E-state index contributed by atoms with van der Waals surface area (Å²) in [4.78, 5) is 14.5. The monoisotopic (exact) mass is 360 g/mol. The predicted octanol–water partition coefficient (Wildman–Crippen LogP) is 2.68. The summed E-state index contributed by atoms with van der Waals surface area (Å²) in [6.45, 7) is 1.07. The molecule has 0 aliphatic carbocycles. The van der Waals surface area contributed by atoms with Crippen molar-refractivity contribution in [1.82, 2.24) is 4.90 Å². The highest BCUT2D eigenvalue weighted by atomic mass is 79.9. The quantitative estimate of drug-likeness (QED) is 0.900. The smallest absolute Gasteiger partial charge is 0.255 e. The van der Waals surface area contributed by atoms with Gasteiger partial charge in [0.1, 0.15) is 0 Å². The predicted molar refractivity (Wildman–Crippen MR) is 83.1 cm³/mol. The third-order valence-corrected chi connectivity index (χ3v) is 5.01. The molecule has 0 aromatic heterocycles. The van der Waals surface area contributed by atoms with Gasteiger partial charge < -0.3 is 15.4 Å². The zero-order valence-electron chi connectivity index (χ0n) is 11.3. The fourth-order valence-electron chi connectivity index (χ4n) is 2.54. The normalized spacial score (nSPS) is 22.9. The Morgan fingerprint density at radius 3 is 3.00 bits per heavy atom. The molecule has 1 aliphatic rings. The van der Waals surface area contributed by atoms with Gasteiger partial charge in [0.05, 0.1) is 16.7 Å². The molecule has 0 spiro atoms. The van der Waals surface area contributed by atoms with Gasteiger partial charge in [-0.15, -0.1) is 0 Å². The van der Waals surface area contributed by atoms with E-state index < -0.39 is 0 Å². The average Bonchev–Trinajstić information content (AvgIpc) is 2.48. The highest BCUT2D eigenvalue weighted by Gasteiger charge is 2.32. The number of rotatable bonds is 3. The number of piperidine rings is 1. The van der Waals surface area contributed by atoms with Gasteiger partial charge in [-0.05, 0) is 40.9 Å². The van der Waals surface area contributed by atoms with Crippen molar-refractivity contribution in [3.05, 3.63) is 33.3 Å². The first-order valence-corrected chi connectivity index (χ1v) is 7.73. The van der Waals surface area contributed by atoms with Crippen LogP contribution in [0.5, 0.6) is 0 Å². The Morgan fingerprint density at radius 2 is 2.35 bits per heavy atom. The molecule has 1 aromatic carbocycles. The minimum atomic E-state index is -0.0682. The average molecular weight is 362 g/mol. The highest BCUT2D eigenvalue weighted by molar-refractivity contribution is 9.10. The molecule has 1 aliphatic heterocycles. The second-order valence-corrected chi connectivity index (χ2v) is 6.10. The molecule has 2 atom stereocenters. The number of hydrogen-bond acceptors (Lipinski definition) is 3. The van der Waals surface area contributed by atoms with Crippen LogP contribution in [-0.2, 0) is 4.74 Å². The lowest BCUT2D eigenvalue weighted by Gasteiger charge is -2.38. The molecule has 2 N–H and O–H groups in total. The van der Waals surface area contributed by atoms with Crippen molar-refractivity contribution in [1.29, 1.82) is 0 Å². The lowest BCUT2D eigenvalue weighted by Crippen LogP contribution is -2.51. The van der Waals surface area contributed by atoms with Crippen LogP contribution >= 0.6 is 27.5 Å². The minimum Gasteiger partial charge on any atom is -0.381 e. The highest BCUT2D eigenvalue weighted by Crippen LogP contribution is 2.29. The Kier molecular flexibility index (Phi) is 5.43. The van der Waals surface area contributed by atoms with Crippen molar-refractivity contribution >= 4 is 33.4 Å². The van der Waals surface area contributed by atoms with E-state index in [4.69, 9.17) is 22.1 Å². The fraction of sp³-hybridized carbons (Fsp3) is 0.500. The van der Waals surface area contributed by atoms with Gasteiger partial charge in [-0.1, -0.05) is 17.7 Å². The summed E-state index contributed by atoms with van der Waals surface area (Å²) >= 11 is 9.55. The number of likely N-dealkylation sites (tertiary alicyclic amines) is 1. The third kappa shape index (κ3) is 3.17. The molecule has 0 saturated carbocycles. The van der Waals surface area contributed by atoms with Crippen LogP contribution in [0.4, 0.5) is 0 Å². The zero-order valence-corrected chi connectivity index (χ0v) is 13.7. The number of methoxy groups -OCH3 is 1. The lowest BCUT2D eigenvalue weighted by atomic mass is 9.98. The Balaban J connectivity index is 2.22. The first-order chi connectivity index (χ1) is 9.58. The van der Waals surface area contributed by atoms with Crippen molar-refractivity contribution in [2.24, 2.45) is 5.73 Å². The van der Waals surface area contributed by atoms with Crippen LogP contribution in [0.3, 0.4) is 0 Å². The summed E-state index contributed by atoms with van der Waals surface area (Å²) in [6.07, 6.45) is 1.76. The Morgan fingerprint density at radius 1 is 1.60 bits per heavy atom. The number of carbonyl (C=O) groups excluding carboxylic acids is 1. The maximum atomic E-state index is 12.7. The number of halogens is 2. The molecule has 1 fully saturated rings. The molecule has 20 heavy (non-hydrogen) atoms. The molecule has 1 amide bonds. The van der Waals surface area contributed by atoms with E-state index in [9.17, 15) is 4.79 Å². The van der Waals surface area contributed by atoms with E-state index in [1.165, 1.54) is 0 Å². The summed E-state index contributed by atoms with van der Waals surface area (Å²) in [6, 6.07) is 5.36. The first kappa shape index (κ1) is 15.8. The molecular formula is C14H18BrClN2O2. The maximum absolute atomic E-state index is 12.7. The summed E-state index contributed by atoms with van der Waals surface area (Å²) in [5, 5.41) is 0.446. The van der Waals surface area contributed by atoms with Gasteiger partial charge in [0.25, 0.3) is 5.91 Å². The molecule has 0 radical (unpaired) electrons. The molecule has 2 unspecified atom stereocenters. The van der Waals surface area contributed by atoms with Crippen LogP contribution in [0.15, 0.2) is 22.7 Å². The van der Waals surface area contributed by atoms with Gasteiger partial charge in [0.15, 0.2) is 0 Å². The maximum Gasteiger partial charge on any atom is 0.255 e. The summed E-state index contributed by atoms with van der Waals surface area (Å²) in [7, 11) is 1.70. The van der Waals surface area contributed by atoms with Gasteiger partial charge in [-0.2, -0.15) is 0 Å². The van der Waals surface area contributed by atoms with Crippen LogP contribution in [0.25, 0.3) is 0 Å². The van der Waals surface area contributed by atoms with Crippen LogP contribution < -0.4 is 5.73 Å². The number of nitrogens with two attached hydrogens (primary N) is 1. The van der Waals surface area contributed by atoms with E-state index in [0.29, 0.717) is 23.7 Å². The van der Waals surface area contributed by atoms with Gasteiger partial charge in [-0.25, -0.2) is 0 Å². The van der Waals surface area contributed by atoms with Crippen molar-refractivity contribution in [3.8, 4) is 0 Å². The molecule has 0 bridgehead atoms. The molecule has 1 aromatic rings. The van der Waals surface area contributed by atoms with Crippen molar-refractivity contribution < 1.29 is 9.53 Å². The van der Waals surface area contributed by atoms with Gasteiger partial charge >= 0.3 is 0 Å². The molecule has 1 heterocycles. The largest absolute Gasteiger partial charge is 0.381 e. The second kappa shape index (κ2) is 6.89. The van der Waals surface area contributed by atoms with Gasteiger partial charge in [-0.3, -0.25) is 4.79 Å². The van der Waals surface area contributed by atoms with E-state index >= 15 is 0 Å². The molecule has 2 rings (SSSR count). The molecular weight excluding hydrogens is 344 g/mol. The van der Waals surface area contributed by atoms with Gasteiger partial charge in [0, 0.05) is 30.7 Å². The molecule has 1 saturated heterocycles. The number of nitrogens with zero attached hydrogens (tertiary/aromatic N) is 1. The summed E-state index contributed by atoms with van der Waals surface area (Å²) in [5.74, 6) is -0.0682. The molecule has 6 heteroatoms. The molecule has 110 valence electrons. The van der Waals surface area contributed by atoms with Crippen LogP contribution in [0, 0.1) is 0 Å². The van der Waals surface area contributed by atoms with E-state index in [2.05, 4.69) is 15.9 Å². The van der Waals surface area contributed by atoms with Crippen molar-refractivity contribution in [2.45, 2.75) is 25.0 Å². The standard InChI is InChI=1S/C14H18BrClN2O2/c1-20-10-5-6-18(9(7-10)8-17)14(19)11-3-2-4-12(15)13(11)16/h2-4,9-10H,5-8,17H2,1H3. The SMILES string of the molecule is COC1CCN(C(=O)c2cccc(Br)c2Cl)C(CN)C1. The number of carbonyl (C=O) groups is 1. The van der Waals surface area contributed by atoms with E-state index in [1.807, 2.05) is 17.0 Å². The van der Waals surface area contributed by atoms with Crippen molar-refractivity contribution in [2.75, 3.05) is 20.2 Å². The zero-order chi connectivity index (χ0) is 14.7. The Bertz CT molecular complexity index is 498. The van der Waals surface area contributed by atoms with Crippen LogP contribution in [-0.4, -0.2) is 43.2 Å². The second-order valence-electron chi connectivity index (χ2n) is 4.87. The fourth-order valence-corrected chi connectivity index (χ4v) is 3.12.